The molecule has 0 aliphatic carbocycles. The van der Waals surface area contributed by atoms with Gasteiger partial charge in [-0.2, -0.15) is 0 Å². The molecule has 1 aromatic heterocycles. The van der Waals surface area contributed by atoms with Crippen molar-refractivity contribution < 1.29 is 4.39 Å². The molecule has 0 aliphatic rings. The Bertz CT molecular complexity index is 481. The maximum absolute atomic E-state index is 12.8. The molecule has 1 N–H and O–H groups in total. The number of halogens is 1. The van der Waals surface area contributed by atoms with E-state index in [9.17, 15) is 4.39 Å². The van der Waals surface area contributed by atoms with Crippen LogP contribution in [0.3, 0.4) is 0 Å². The van der Waals surface area contributed by atoms with E-state index in [4.69, 9.17) is 0 Å². The molecule has 2 aromatic rings. The van der Waals surface area contributed by atoms with Gasteiger partial charge in [0.15, 0.2) is 0 Å². The lowest BCUT2D eigenvalue weighted by molar-refractivity contribution is 0.627. The first-order valence-corrected chi connectivity index (χ1v) is 6.86. The summed E-state index contributed by atoms with van der Waals surface area (Å²) in [5.41, 5.74) is 1.06. The molecule has 18 heavy (non-hydrogen) atoms. The second-order valence-electron chi connectivity index (χ2n) is 4.07. The van der Waals surface area contributed by atoms with Crippen LogP contribution in [0.1, 0.15) is 28.9 Å². The van der Waals surface area contributed by atoms with Gasteiger partial charge >= 0.3 is 0 Å². The maximum Gasteiger partial charge on any atom is 0.131 e. The number of nitrogens with one attached hydrogen (secondary N) is 1. The van der Waals surface area contributed by atoms with Crippen LogP contribution in [0.15, 0.2) is 24.3 Å². The van der Waals surface area contributed by atoms with Crippen molar-refractivity contribution in [2.24, 2.45) is 0 Å². The minimum absolute atomic E-state index is 0.208. The van der Waals surface area contributed by atoms with E-state index in [1.165, 1.54) is 12.1 Å². The van der Waals surface area contributed by atoms with Gasteiger partial charge in [0.05, 0.1) is 0 Å². The molecule has 0 unspecified atom stereocenters. The van der Waals surface area contributed by atoms with Crippen LogP contribution < -0.4 is 5.32 Å². The first-order valence-electron chi connectivity index (χ1n) is 6.04. The first-order chi connectivity index (χ1) is 8.78. The monoisotopic (exact) mass is 265 g/mol. The molecule has 1 heterocycles. The highest BCUT2D eigenvalue weighted by Gasteiger charge is 2.05. The number of hydrogen-bond acceptors (Lipinski definition) is 4. The van der Waals surface area contributed by atoms with Crippen molar-refractivity contribution >= 4 is 11.3 Å². The molecular weight excluding hydrogens is 249 g/mol. The zero-order valence-electron chi connectivity index (χ0n) is 10.3. The molecule has 0 spiro atoms. The molecule has 5 heteroatoms. The molecule has 0 aliphatic heterocycles. The lowest BCUT2D eigenvalue weighted by Gasteiger charge is -1.97. The van der Waals surface area contributed by atoms with Crippen LogP contribution in [0.2, 0.25) is 0 Å². The van der Waals surface area contributed by atoms with E-state index < -0.39 is 0 Å². The topological polar surface area (TPSA) is 37.8 Å². The standard InChI is InChI=1S/C13H16FN3S/c1-2-7-15-9-13-17-16-12(18-13)8-10-3-5-11(14)6-4-10/h3-6,15H,2,7-9H2,1H3. The van der Waals surface area contributed by atoms with Crippen molar-refractivity contribution in [1.82, 2.24) is 15.5 Å². The summed E-state index contributed by atoms with van der Waals surface area (Å²) in [7, 11) is 0. The Balaban J connectivity index is 1.91. The average Bonchev–Trinajstić information content (AvgIpc) is 2.80. The molecule has 0 saturated heterocycles. The van der Waals surface area contributed by atoms with Gasteiger partial charge in [0, 0.05) is 13.0 Å². The van der Waals surface area contributed by atoms with Gasteiger partial charge in [-0.25, -0.2) is 4.39 Å². The third kappa shape index (κ3) is 3.85. The van der Waals surface area contributed by atoms with Gasteiger partial charge in [0.1, 0.15) is 15.8 Å². The molecule has 2 rings (SSSR count). The Labute approximate surface area is 110 Å². The van der Waals surface area contributed by atoms with Crippen LogP contribution in [0.25, 0.3) is 0 Å². The second kappa shape index (κ2) is 6.56. The van der Waals surface area contributed by atoms with Crippen LogP contribution >= 0.6 is 11.3 Å². The quantitative estimate of drug-likeness (QED) is 0.816. The fourth-order valence-corrected chi connectivity index (χ4v) is 2.43. The average molecular weight is 265 g/mol. The normalized spacial score (nSPS) is 10.8. The van der Waals surface area contributed by atoms with Crippen molar-refractivity contribution in [3.63, 3.8) is 0 Å². The van der Waals surface area contributed by atoms with E-state index in [0.717, 1.165) is 35.1 Å². The molecule has 0 bridgehead atoms. The summed E-state index contributed by atoms with van der Waals surface area (Å²) >= 11 is 1.60. The Morgan fingerprint density at radius 2 is 1.89 bits per heavy atom. The van der Waals surface area contributed by atoms with Crippen LogP contribution in [0.5, 0.6) is 0 Å². The van der Waals surface area contributed by atoms with Crippen LogP contribution in [0, 0.1) is 5.82 Å². The van der Waals surface area contributed by atoms with E-state index in [0.29, 0.717) is 6.42 Å². The predicted octanol–water partition coefficient (Wildman–Crippen LogP) is 2.77. The summed E-state index contributed by atoms with van der Waals surface area (Å²) in [4.78, 5) is 0. The van der Waals surface area contributed by atoms with E-state index in [2.05, 4.69) is 22.4 Å². The van der Waals surface area contributed by atoms with Crippen LogP contribution in [-0.2, 0) is 13.0 Å². The van der Waals surface area contributed by atoms with Gasteiger partial charge < -0.3 is 5.32 Å². The van der Waals surface area contributed by atoms with Crippen molar-refractivity contribution in [2.45, 2.75) is 26.3 Å². The molecule has 0 radical (unpaired) electrons. The third-order valence-corrected chi connectivity index (χ3v) is 3.40. The van der Waals surface area contributed by atoms with Gasteiger partial charge in [0.2, 0.25) is 0 Å². The zero-order chi connectivity index (χ0) is 12.8. The smallest absolute Gasteiger partial charge is 0.131 e. The lowest BCUT2D eigenvalue weighted by Crippen LogP contribution is -2.13. The van der Waals surface area contributed by atoms with Gasteiger partial charge in [-0.3, -0.25) is 0 Å². The third-order valence-electron chi connectivity index (χ3n) is 2.48. The van der Waals surface area contributed by atoms with Crippen LogP contribution in [-0.4, -0.2) is 16.7 Å². The largest absolute Gasteiger partial charge is 0.310 e. The summed E-state index contributed by atoms with van der Waals surface area (Å²) in [6, 6.07) is 6.51. The minimum atomic E-state index is -0.208. The summed E-state index contributed by atoms with van der Waals surface area (Å²) < 4.78 is 12.8. The van der Waals surface area contributed by atoms with Gasteiger partial charge in [-0.15, -0.1) is 10.2 Å². The molecule has 96 valence electrons. The van der Waals surface area contributed by atoms with Gasteiger partial charge in [-0.05, 0) is 30.7 Å². The van der Waals surface area contributed by atoms with Gasteiger partial charge in [-0.1, -0.05) is 30.4 Å². The SMILES string of the molecule is CCCNCc1nnc(Cc2ccc(F)cc2)s1. The number of rotatable bonds is 6. The van der Waals surface area contributed by atoms with Crippen molar-refractivity contribution in [1.29, 1.82) is 0 Å². The number of nitrogens with zero attached hydrogens (tertiary/aromatic N) is 2. The summed E-state index contributed by atoms with van der Waals surface area (Å²) in [6.45, 7) is 3.90. The highest BCUT2D eigenvalue weighted by Crippen LogP contribution is 2.14. The summed E-state index contributed by atoms with van der Waals surface area (Å²) in [5.74, 6) is -0.208. The molecular formula is C13H16FN3S. The van der Waals surface area contributed by atoms with Crippen molar-refractivity contribution in [3.05, 3.63) is 45.7 Å². The Morgan fingerprint density at radius 3 is 2.61 bits per heavy atom. The Hall–Kier alpha value is -1.33. The molecule has 3 nitrogen and oxygen atoms in total. The van der Waals surface area contributed by atoms with E-state index >= 15 is 0 Å². The van der Waals surface area contributed by atoms with Crippen molar-refractivity contribution in [2.75, 3.05) is 6.54 Å². The first kappa shape index (κ1) is 13.1. The fraction of sp³-hybridized carbons (Fsp3) is 0.385. The minimum Gasteiger partial charge on any atom is -0.310 e. The number of hydrogen-bond donors (Lipinski definition) is 1. The van der Waals surface area contributed by atoms with E-state index in [1.807, 2.05) is 0 Å². The Kier molecular flexibility index (Phi) is 4.78. The Morgan fingerprint density at radius 1 is 1.17 bits per heavy atom. The zero-order valence-corrected chi connectivity index (χ0v) is 11.1. The summed E-state index contributed by atoms with van der Waals surface area (Å²) in [5, 5.41) is 13.5. The fourth-order valence-electron chi connectivity index (χ4n) is 1.58. The summed E-state index contributed by atoms with van der Waals surface area (Å²) in [6.07, 6.45) is 1.83. The van der Waals surface area contributed by atoms with Crippen LogP contribution in [0.4, 0.5) is 4.39 Å². The van der Waals surface area contributed by atoms with E-state index in [-0.39, 0.29) is 5.82 Å². The molecule has 1 aromatic carbocycles. The maximum atomic E-state index is 12.8. The molecule has 0 amide bonds. The van der Waals surface area contributed by atoms with Crippen molar-refractivity contribution in [3.8, 4) is 0 Å². The highest BCUT2D eigenvalue weighted by atomic mass is 32.1. The second-order valence-corrected chi connectivity index (χ2v) is 5.22. The van der Waals surface area contributed by atoms with E-state index in [1.54, 1.807) is 23.5 Å². The molecule has 0 saturated carbocycles. The number of aromatic nitrogens is 2. The number of benzene rings is 1. The lowest BCUT2D eigenvalue weighted by atomic mass is 10.2. The van der Waals surface area contributed by atoms with Gasteiger partial charge in [0.25, 0.3) is 0 Å². The molecule has 0 atom stereocenters. The molecule has 0 fully saturated rings. The predicted molar refractivity (Wildman–Crippen MR) is 71.1 cm³/mol. The highest BCUT2D eigenvalue weighted by molar-refractivity contribution is 7.11.